The number of ether oxygens (including phenoxy) is 1. The monoisotopic (exact) mass is 518 g/mol. The van der Waals surface area contributed by atoms with Crippen LogP contribution in [0.15, 0.2) is 11.1 Å². The maximum atomic E-state index is 11.8. The van der Waals surface area contributed by atoms with Gasteiger partial charge in [0.05, 0.1) is 12.9 Å². The predicted molar refractivity (Wildman–Crippen MR) is 91.8 cm³/mol. The molecule has 0 spiro atoms. The third-order valence-electron chi connectivity index (χ3n) is 3.11. The number of aromatic amines is 1. The summed E-state index contributed by atoms with van der Waals surface area (Å²) >= 11 is 0. The van der Waals surface area contributed by atoms with Crippen LogP contribution in [0.1, 0.15) is 6.23 Å². The number of anilines is 1. The summed E-state index contributed by atoms with van der Waals surface area (Å²) in [5.74, 6) is -0.344. The lowest BCUT2D eigenvalue weighted by atomic mass is 10.4. The largest absolute Gasteiger partial charge is 0.756 e. The Kier molecular flexibility index (Phi) is 7.98. The highest BCUT2D eigenvalue weighted by Gasteiger charge is 2.27. The molecule has 2 aromatic rings. The second kappa shape index (κ2) is 9.78. The van der Waals surface area contributed by atoms with E-state index in [1.807, 2.05) is 0 Å². The van der Waals surface area contributed by atoms with Gasteiger partial charge in [0.1, 0.15) is 6.10 Å². The van der Waals surface area contributed by atoms with E-state index in [-0.39, 0.29) is 29.7 Å². The molecule has 0 aliphatic heterocycles. The van der Waals surface area contributed by atoms with Gasteiger partial charge in [0.15, 0.2) is 30.0 Å². The van der Waals surface area contributed by atoms with E-state index in [0.29, 0.717) is 0 Å². The minimum Gasteiger partial charge on any atom is -0.756 e. The molecule has 5 atom stereocenters. The van der Waals surface area contributed by atoms with Crippen LogP contribution in [0.25, 0.3) is 11.2 Å². The average molecular weight is 518 g/mol. The van der Waals surface area contributed by atoms with Crippen molar-refractivity contribution in [2.45, 2.75) is 12.3 Å². The minimum absolute atomic E-state index is 0.0446. The lowest BCUT2D eigenvalue weighted by molar-refractivity contribution is -0.249. The molecule has 0 aliphatic carbocycles. The Bertz CT molecular complexity index is 1200. The first kappa shape index (κ1) is 26.1. The Morgan fingerprint density at radius 3 is 2.41 bits per heavy atom. The molecule has 0 saturated heterocycles. The SMILES string of the molecule is Nc1nc2c(ncn2[C@@H](C=O)O[C@@H](C=O)COP(=O)([O-])OP(=O)([O-])OP(=O)([O-])O)c(=O)[nH]1. The van der Waals surface area contributed by atoms with E-state index in [4.69, 9.17) is 15.4 Å². The zero-order chi connectivity index (χ0) is 24.3. The first-order valence-corrected chi connectivity index (χ1v) is 12.1. The van der Waals surface area contributed by atoms with E-state index < -0.39 is 48.0 Å². The van der Waals surface area contributed by atoms with Gasteiger partial charge in [0, 0.05) is 0 Å². The Balaban J connectivity index is 2.13. The fraction of sp³-hybridized carbons (Fsp3) is 0.300. The van der Waals surface area contributed by atoms with Crippen LogP contribution in [0.3, 0.4) is 0 Å². The van der Waals surface area contributed by atoms with Gasteiger partial charge < -0.3 is 39.4 Å². The van der Waals surface area contributed by atoms with E-state index in [2.05, 4.69) is 28.1 Å². The summed E-state index contributed by atoms with van der Waals surface area (Å²) in [4.78, 5) is 85.3. The average Bonchev–Trinajstić information content (AvgIpc) is 3.03. The number of hydrogen-bond acceptors (Lipinski definition) is 16. The minimum atomic E-state index is -6.14. The van der Waals surface area contributed by atoms with Crippen LogP contribution in [0.5, 0.6) is 0 Å². The van der Waals surface area contributed by atoms with Crippen LogP contribution in [-0.4, -0.2) is 49.7 Å². The zero-order valence-corrected chi connectivity index (χ0v) is 17.8. The molecule has 22 heteroatoms. The third-order valence-corrected chi connectivity index (χ3v) is 6.80. The van der Waals surface area contributed by atoms with Crippen LogP contribution in [0, 0.1) is 0 Å². The van der Waals surface area contributed by atoms with Gasteiger partial charge >= 0.3 is 0 Å². The summed E-state index contributed by atoms with van der Waals surface area (Å²) < 4.78 is 49.5. The number of aromatic nitrogens is 4. The Hall–Kier alpha value is -2.14. The molecule has 4 N–H and O–H groups in total. The molecular formula is C10H11N5O14P3-3. The van der Waals surface area contributed by atoms with E-state index in [0.717, 1.165) is 10.9 Å². The number of fused-ring (bicyclic) bond motifs is 1. The molecule has 0 radical (unpaired) electrons. The highest BCUT2D eigenvalue weighted by molar-refractivity contribution is 7.65. The topological polar surface area (TPSA) is 301 Å². The summed E-state index contributed by atoms with van der Waals surface area (Å²) in [5, 5.41) is 0. The van der Waals surface area contributed by atoms with Gasteiger partial charge in [-0.1, -0.05) is 0 Å². The first-order chi connectivity index (χ1) is 14.7. The molecule has 19 nitrogen and oxygen atoms in total. The number of rotatable bonds is 12. The Labute approximate surface area is 175 Å². The molecule has 0 amide bonds. The number of nitrogens with two attached hydrogens (primary N) is 1. The molecule has 3 unspecified atom stereocenters. The summed E-state index contributed by atoms with van der Waals surface area (Å²) in [5.41, 5.74) is 4.16. The van der Waals surface area contributed by atoms with E-state index in [1.165, 1.54) is 0 Å². The van der Waals surface area contributed by atoms with Crippen LogP contribution in [0.4, 0.5) is 5.95 Å². The molecular weight excluding hydrogens is 507 g/mol. The summed E-state index contributed by atoms with van der Waals surface area (Å²) in [7, 11) is -17.9. The van der Waals surface area contributed by atoms with Gasteiger partial charge in [-0.2, -0.15) is 4.98 Å². The number of aldehydes is 2. The Morgan fingerprint density at radius 1 is 1.19 bits per heavy atom. The third kappa shape index (κ3) is 7.19. The van der Waals surface area contributed by atoms with E-state index in [9.17, 15) is 42.8 Å². The zero-order valence-electron chi connectivity index (χ0n) is 15.1. The van der Waals surface area contributed by atoms with E-state index in [1.54, 1.807) is 0 Å². The van der Waals surface area contributed by atoms with Crippen molar-refractivity contribution < 1.29 is 60.7 Å². The van der Waals surface area contributed by atoms with Gasteiger partial charge in [-0.15, -0.1) is 0 Å². The van der Waals surface area contributed by atoms with Gasteiger partial charge in [0.2, 0.25) is 5.95 Å². The predicted octanol–water partition coefficient (Wildman–Crippen LogP) is -3.57. The van der Waals surface area contributed by atoms with Gasteiger partial charge in [-0.05, 0) is 0 Å². The highest BCUT2D eigenvalue weighted by atomic mass is 31.3. The maximum Gasteiger partial charge on any atom is 0.280 e. The quantitative estimate of drug-likeness (QED) is 0.181. The van der Waals surface area contributed by atoms with Crippen molar-refractivity contribution in [3.8, 4) is 0 Å². The maximum absolute atomic E-state index is 11.8. The number of nitrogens with one attached hydrogen (secondary N) is 1. The lowest BCUT2D eigenvalue weighted by Gasteiger charge is -2.32. The standard InChI is InChI=1S/C10H14N5O14P3/c11-10-13-8-7(9(18)14-10)12-4-15(8)6(2-17)27-5(1-16)3-26-31(22,23)29-32(24,25)28-30(19,20)21/h1-2,4-6H,3H2,(H,22,23)(H,24,25)(H2,19,20,21)(H3,11,13,14,18)/p-3/t5-,6+/m0/s1. The number of nitrogens with zero attached hydrogens (tertiary/aromatic N) is 3. The van der Waals surface area contributed by atoms with E-state index >= 15 is 0 Å². The molecule has 2 rings (SSSR count). The molecule has 178 valence electrons. The molecule has 0 saturated carbocycles. The molecule has 0 aromatic carbocycles. The lowest BCUT2D eigenvalue weighted by Crippen LogP contribution is -2.28. The summed E-state index contributed by atoms with van der Waals surface area (Å²) in [6.45, 7) is -1.26. The number of phosphoric acid groups is 3. The molecule has 0 aliphatic rings. The molecule has 2 aromatic heterocycles. The van der Waals surface area contributed by atoms with Gasteiger partial charge in [-0.3, -0.25) is 32.8 Å². The fourth-order valence-electron chi connectivity index (χ4n) is 2.03. The first-order valence-electron chi connectivity index (χ1n) is 7.68. The number of imidazole rings is 1. The van der Waals surface area contributed by atoms with Crippen molar-refractivity contribution in [1.82, 2.24) is 19.5 Å². The molecule has 2 heterocycles. The normalized spacial score (nSPS) is 19.4. The van der Waals surface area contributed by atoms with Crippen molar-refractivity contribution in [2.24, 2.45) is 0 Å². The summed E-state index contributed by atoms with van der Waals surface area (Å²) in [6.07, 6.45) is -2.58. The number of nitrogen functional groups attached to an aromatic ring is 1. The van der Waals surface area contributed by atoms with Crippen LogP contribution in [0.2, 0.25) is 0 Å². The summed E-state index contributed by atoms with van der Waals surface area (Å²) in [6, 6.07) is 0. The van der Waals surface area contributed by atoms with Crippen molar-refractivity contribution >= 4 is 53.2 Å². The van der Waals surface area contributed by atoms with Crippen LogP contribution >= 0.6 is 23.5 Å². The van der Waals surface area contributed by atoms with Gasteiger partial charge in [0.25, 0.3) is 29.0 Å². The van der Waals surface area contributed by atoms with Crippen molar-refractivity contribution in [3.05, 3.63) is 16.7 Å². The molecule has 32 heavy (non-hydrogen) atoms. The van der Waals surface area contributed by atoms with Crippen molar-refractivity contribution in [1.29, 1.82) is 0 Å². The second-order valence-corrected chi connectivity index (χ2v) is 9.73. The van der Waals surface area contributed by atoms with Crippen LogP contribution < -0.4 is 26.0 Å². The number of H-pyrrole nitrogens is 1. The highest BCUT2D eigenvalue weighted by Crippen LogP contribution is 2.61. The van der Waals surface area contributed by atoms with Crippen molar-refractivity contribution in [2.75, 3.05) is 12.3 Å². The van der Waals surface area contributed by atoms with Crippen molar-refractivity contribution in [3.63, 3.8) is 0 Å². The number of phosphoric ester groups is 1. The van der Waals surface area contributed by atoms with Crippen LogP contribution in [-0.2, 0) is 41.2 Å². The Morgan fingerprint density at radius 2 is 1.84 bits per heavy atom. The fourth-order valence-corrected chi connectivity index (χ4v) is 4.93. The second-order valence-electron chi connectivity index (χ2n) is 5.43. The van der Waals surface area contributed by atoms with Gasteiger partial charge in [-0.25, -0.2) is 13.6 Å². The number of carbonyl (C=O) groups excluding carboxylic acids is 2. The number of hydrogen-bond donors (Lipinski definition) is 3. The molecule has 0 bridgehead atoms. The molecule has 0 fully saturated rings. The smallest absolute Gasteiger partial charge is 0.280 e. The number of carbonyl (C=O) groups is 2.